The van der Waals surface area contributed by atoms with Crippen molar-refractivity contribution < 1.29 is 0 Å². The first kappa shape index (κ1) is 31.9. The summed E-state index contributed by atoms with van der Waals surface area (Å²) in [6.07, 6.45) is 6.81. The molecule has 47 heavy (non-hydrogen) atoms. The van der Waals surface area contributed by atoms with E-state index < -0.39 is 0 Å². The van der Waals surface area contributed by atoms with E-state index in [9.17, 15) is 0 Å². The van der Waals surface area contributed by atoms with Gasteiger partial charge >= 0.3 is 0 Å². The first-order valence-corrected chi connectivity index (χ1v) is 17.0. The minimum atomic E-state index is 0.811. The molecule has 0 aliphatic heterocycles. The van der Waals surface area contributed by atoms with E-state index in [1.54, 1.807) is 0 Å². The molecule has 0 saturated heterocycles. The summed E-state index contributed by atoms with van der Waals surface area (Å²) in [6.45, 7) is 4.54. The molecule has 6 rings (SSSR count). The predicted molar refractivity (Wildman–Crippen MR) is 200 cm³/mol. The van der Waals surface area contributed by atoms with Crippen molar-refractivity contribution in [2.24, 2.45) is 0 Å². The number of hydrogen-bond donors (Lipinski definition) is 2. The molecule has 0 heterocycles. The van der Waals surface area contributed by atoms with Crippen LogP contribution in [-0.2, 0) is 44.9 Å². The highest BCUT2D eigenvalue weighted by atomic mass is 14.5. The zero-order chi connectivity index (χ0) is 32.6. The molecular weight excluding hydrogens is 569 g/mol. The lowest BCUT2D eigenvalue weighted by atomic mass is 9.91. The van der Waals surface area contributed by atoms with Crippen LogP contribution in [-0.4, -0.2) is 0 Å². The summed E-state index contributed by atoms with van der Waals surface area (Å²) in [6, 6.07) is 48.7. The Morgan fingerprint density at radius 1 is 0.298 bits per heavy atom. The largest absolute Gasteiger partial charge is 0.399 e. The Kier molecular flexibility index (Phi) is 10.2. The highest BCUT2D eigenvalue weighted by molar-refractivity contribution is 5.44. The molecule has 6 aromatic rings. The van der Waals surface area contributed by atoms with Crippen LogP contribution in [0.5, 0.6) is 0 Å². The Morgan fingerprint density at radius 3 is 0.872 bits per heavy atom. The van der Waals surface area contributed by atoms with Gasteiger partial charge in [-0.15, -0.1) is 0 Å². The van der Waals surface area contributed by atoms with Gasteiger partial charge in [-0.1, -0.05) is 123 Å². The van der Waals surface area contributed by atoms with E-state index in [1.807, 2.05) is 24.3 Å². The quantitative estimate of drug-likeness (QED) is 0.135. The summed E-state index contributed by atoms with van der Waals surface area (Å²) in [7, 11) is 0. The van der Waals surface area contributed by atoms with Crippen LogP contribution in [0.15, 0.2) is 133 Å². The molecule has 6 aromatic carbocycles. The number of aryl methyl sites for hydroxylation is 2. The summed E-state index contributed by atoms with van der Waals surface area (Å²) in [5.74, 6) is 0. The van der Waals surface area contributed by atoms with Gasteiger partial charge in [-0.05, 0) is 136 Å². The maximum absolute atomic E-state index is 5.85. The first-order valence-electron chi connectivity index (χ1n) is 17.0. The van der Waals surface area contributed by atoms with Crippen molar-refractivity contribution in [1.82, 2.24) is 0 Å². The number of anilines is 2. The number of benzene rings is 6. The van der Waals surface area contributed by atoms with Crippen molar-refractivity contribution in [3.8, 4) is 0 Å². The molecule has 0 amide bonds. The second-order valence-electron chi connectivity index (χ2n) is 12.9. The molecule has 0 unspecified atom stereocenters. The predicted octanol–water partition coefficient (Wildman–Crippen LogP) is 9.93. The van der Waals surface area contributed by atoms with Crippen LogP contribution in [0.1, 0.15) is 80.6 Å². The third kappa shape index (κ3) is 8.60. The number of rotatable bonds is 12. The normalized spacial score (nSPS) is 11.1. The van der Waals surface area contributed by atoms with Gasteiger partial charge in [-0.3, -0.25) is 0 Å². The van der Waals surface area contributed by atoms with Crippen LogP contribution >= 0.6 is 0 Å². The van der Waals surface area contributed by atoms with Gasteiger partial charge in [0.25, 0.3) is 0 Å². The molecule has 0 saturated carbocycles. The molecule has 0 aliphatic rings. The summed E-state index contributed by atoms with van der Waals surface area (Å²) in [4.78, 5) is 0. The lowest BCUT2D eigenvalue weighted by Gasteiger charge is -2.14. The fourth-order valence-corrected chi connectivity index (χ4v) is 6.55. The summed E-state index contributed by atoms with van der Waals surface area (Å²) >= 11 is 0. The molecule has 0 spiro atoms. The number of hydrogen-bond acceptors (Lipinski definition) is 2. The molecule has 0 radical (unpaired) electrons. The van der Waals surface area contributed by atoms with Gasteiger partial charge in [-0.2, -0.15) is 0 Å². The molecule has 4 N–H and O–H groups in total. The fourth-order valence-electron chi connectivity index (χ4n) is 6.55. The van der Waals surface area contributed by atoms with E-state index in [4.69, 9.17) is 11.5 Å². The lowest BCUT2D eigenvalue weighted by molar-refractivity contribution is 1.03. The van der Waals surface area contributed by atoms with E-state index in [0.717, 1.165) is 56.3 Å². The third-order valence-electron chi connectivity index (χ3n) is 9.32. The molecule has 2 nitrogen and oxygen atoms in total. The topological polar surface area (TPSA) is 52.0 Å². The van der Waals surface area contributed by atoms with Crippen LogP contribution in [0.25, 0.3) is 0 Å². The maximum atomic E-state index is 5.85. The molecular formula is C45H46N2. The van der Waals surface area contributed by atoms with Crippen molar-refractivity contribution in [3.05, 3.63) is 200 Å². The van der Waals surface area contributed by atoms with Gasteiger partial charge in [0.2, 0.25) is 0 Å². The average molecular weight is 615 g/mol. The Morgan fingerprint density at radius 2 is 0.553 bits per heavy atom. The maximum Gasteiger partial charge on any atom is 0.0314 e. The average Bonchev–Trinajstić information content (AvgIpc) is 3.10. The van der Waals surface area contributed by atoms with Gasteiger partial charge in [0.05, 0.1) is 0 Å². The molecule has 0 atom stereocenters. The number of nitrogens with two attached hydrogens (primary N) is 2. The van der Waals surface area contributed by atoms with Gasteiger partial charge in [0.1, 0.15) is 0 Å². The van der Waals surface area contributed by atoms with Crippen LogP contribution < -0.4 is 11.5 Å². The summed E-state index contributed by atoms with van der Waals surface area (Å²) < 4.78 is 0. The molecule has 0 aromatic heterocycles. The monoisotopic (exact) mass is 614 g/mol. The molecule has 2 heteroatoms. The lowest BCUT2D eigenvalue weighted by Crippen LogP contribution is -2.00. The van der Waals surface area contributed by atoms with Crippen molar-refractivity contribution in [2.75, 3.05) is 11.5 Å². The van der Waals surface area contributed by atoms with Crippen molar-refractivity contribution in [1.29, 1.82) is 0 Å². The van der Waals surface area contributed by atoms with Gasteiger partial charge < -0.3 is 11.5 Å². The minimum Gasteiger partial charge on any atom is -0.399 e. The van der Waals surface area contributed by atoms with Gasteiger partial charge in [-0.25, -0.2) is 0 Å². The zero-order valence-corrected chi connectivity index (χ0v) is 27.8. The Labute approximate surface area is 281 Å². The van der Waals surface area contributed by atoms with Crippen molar-refractivity contribution in [2.45, 2.75) is 58.8 Å². The molecule has 0 fully saturated rings. The van der Waals surface area contributed by atoms with Crippen molar-refractivity contribution >= 4 is 11.4 Å². The summed E-state index contributed by atoms with van der Waals surface area (Å²) in [5.41, 5.74) is 29.7. The van der Waals surface area contributed by atoms with Crippen molar-refractivity contribution in [3.63, 3.8) is 0 Å². The Balaban J connectivity index is 1.08. The van der Waals surface area contributed by atoms with E-state index in [2.05, 4.69) is 123 Å². The zero-order valence-electron chi connectivity index (χ0n) is 27.8. The first-order chi connectivity index (χ1) is 22.9. The molecule has 0 aliphatic carbocycles. The number of nitrogen functional groups attached to an aromatic ring is 2. The van der Waals surface area contributed by atoms with E-state index in [1.165, 1.54) is 66.8 Å². The van der Waals surface area contributed by atoms with Crippen LogP contribution in [0.3, 0.4) is 0 Å². The van der Waals surface area contributed by atoms with Crippen LogP contribution in [0.2, 0.25) is 0 Å². The van der Waals surface area contributed by atoms with E-state index in [0.29, 0.717) is 0 Å². The van der Waals surface area contributed by atoms with Gasteiger partial charge in [0, 0.05) is 11.4 Å². The Hall–Kier alpha value is -5.08. The molecule has 236 valence electrons. The SMILES string of the molecule is CCc1cc(Cc2ccc(Cc3ccc(Cc4ccc(N)cc4)cc3)c(CC)c2)ccc1Cc1ccc(Cc2ccc(N)cc2)cc1. The Bertz CT molecular complexity index is 1760. The van der Waals surface area contributed by atoms with E-state index in [-0.39, 0.29) is 0 Å². The third-order valence-corrected chi connectivity index (χ3v) is 9.32. The highest BCUT2D eigenvalue weighted by Gasteiger charge is 2.09. The minimum absolute atomic E-state index is 0.811. The van der Waals surface area contributed by atoms with Crippen LogP contribution in [0, 0.1) is 0 Å². The standard InChI is InChI=1S/C45H46N2/c1-3-40-30-38(13-19-42(40)28-36-9-5-32(6-10-36)25-34-15-21-44(46)22-16-34)27-39-14-20-43(41(4-2)31-39)29-37-11-7-33(8-12-37)26-35-17-23-45(47)24-18-35/h5-24,30-31H,3-4,25-29,46-47H2,1-2H3. The van der Waals surface area contributed by atoms with Gasteiger partial charge in [0.15, 0.2) is 0 Å². The second kappa shape index (κ2) is 15.0. The highest BCUT2D eigenvalue weighted by Crippen LogP contribution is 2.24. The smallest absolute Gasteiger partial charge is 0.0314 e. The fraction of sp³-hybridized carbons (Fsp3) is 0.200. The molecule has 0 bridgehead atoms. The van der Waals surface area contributed by atoms with E-state index >= 15 is 0 Å². The summed E-state index contributed by atoms with van der Waals surface area (Å²) in [5, 5.41) is 0. The van der Waals surface area contributed by atoms with Crippen LogP contribution in [0.4, 0.5) is 11.4 Å². The second-order valence-corrected chi connectivity index (χ2v) is 12.9.